The fraction of sp³-hybridized carbons (Fsp3) is 0.182. The minimum atomic E-state index is -0.579. The molecule has 90 valence electrons. The van der Waals surface area contributed by atoms with Crippen LogP contribution in [0, 0.1) is 0 Å². The molecular formula is C11H12BrN3O2. The topological polar surface area (TPSA) is 77.6 Å². The molecule has 0 fully saturated rings. The molecule has 1 heterocycles. The average molecular weight is 298 g/mol. The molecule has 1 aromatic rings. The van der Waals surface area contributed by atoms with Crippen LogP contribution in [0.25, 0.3) is 6.08 Å². The second-order valence-corrected chi connectivity index (χ2v) is 3.80. The molecule has 1 aromatic heterocycles. The van der Waals surface area contributed by atoms with Crippen molar-refractivity contribution in [3.05, 3.63) is 22.4 Å². The van der Waals surface area contributed by atoms with Crippen LogP contribution in [0.1, 0.15) is 23.1 Å². The van der Waals surface area contributed by atoms with Crippen LogP contribution < -0.4 is 5.73 Å². The van der Waals surface area contributed by atoms with E-state index in [1.165, 1.54) is 6.08 Å². The molecule has 0 bridgehead atoms. The summed E-state index contributed by atoms with van der Waals surface area (Å²) in [6.45, 7) is 8.96. The van der Waals surface area contributed by atoms with Crippen molar-refractivity contribution >= 4 is 46.1 Å². The lowest BCUT2D eigenvalue weighted by atomic mass is 10.2. The largest absolute Gasteiger partial charge is 0.461 e. The fourth-order valence-electron chi connectivity index (χ4n) is 1.23. The third-order valence-electron chi connectivity index (χ3n) is 1.99. The third kappa shape index (κ3) is 2.52. The van der Waals surface area contributed by atoms with E-state index in [0.29, 0.717) is 15.9 Å². The van der Waals surface area contributed by atoms with Crippen LogP contribution in [0.3, 0.4) is 0 Å². The summed E-state index contributed by atoms with van der Waals surface area (Å²) in [4.78, 5) is 19.5. The molecule has 1 rings (SSSR count). The fourth-order valence-corrected chi connectivity index (χ4v) is 1.74. The molecule has 0 saturated heterocycles. The van der Waals surface area contributed by atoms with Crippen molar-refractivity contribution in [3.63, 3.8) is 0 Å². The molecule has 0 atom stereocenters. The number of hydrogen-bond acceptors (Lipinski definition) is 5. The second kappa shape index (κ2) is 5.58. The van der Waals surface area contributed by atoms with Gasteiger partial charge in [-0.3, -0.25) is 4.99 Å². The van der Waals surface area contributed by atoms with Gasteiger partial charge in [0.25, 0.3) is 0 Å². The van der Waals surface area contributed by atoms with E-state index in [-0.39, 0.29) is 18.0 Å². The Morgan fingerprint density at radius 2 is 2.35 bits per heavy atom. The minimum Gasteiger partial charge on any atom is -0.461 e. The average Bonchev–Trinajstić information content (AvgIpc) is 2.32. The number of halogens is 1. The molecule has 17 heavy (non-hydrogen) atoms. The summed E-state index contributed by atoms with van der Waals surface area (Å²) in [5, 5.41) is 0. The number of pyridine rings is 1. The molecule has 0 aromatic carbocycles. The Morgan fingerprint density at radius 1 is 1.71 bits per heavy atom. The number of esters is 1. The lowest BCUT2D eigenvalue weighted by molar-refractivity contribution is 0.0521. The van der Waals surface area contributed by atoms with Crippen molar-refractivity contribution in [2.75, 3.05) is 12.3 Å². The van der Waals surface area contributed by atoms with Crippen molar-refractivity contribution in [3.8, 4) is 0 Å². The Bertz CT molecular complexity index is 486. The first-order chi connectivity index (χ1) is 8.06. The molecule has 0 radical (unpaired) electrons. The van der Waals surface area contributed by atoms with E-state index < -0.39 is 5.97 Å². The molecule has 6 heteroatoms. The van der Waals surface area contributed by atoms with E-state index in [0.717, 1.165) is 0 Å². The van der Waals surface area contributed by atoms with Crippen molar-refractivity contribution in [2.45, 2.75) is 6.92 Å². The van der Waals surface area contributed by atoms with E-state index in [9.17, 15) is 4.79 Å². The van der Waals surface area contributed by atoms with Gasteiger partial charge >= 0.3 is 5.97 Å². The number of nitrogens with zero attached hydrogens (tertiary/aromatic N) is 2. The highest BCUT2D eigenvalue weighted by atomic mass is 79.9. The number of anilines is 1. The van der Waals surface area contributed by atoms with Crippen molar-refractivity contribution < 1.29 is 9.53 Å². The Kier molecular flexibility index (Phi) is 4.39. The Balaban J connectivity index is 3.44. The summed E-state index contributed by atoms with van der Waals surface area (Å²) in [5.41, 5.74) is 6.87. The number of ether oxygens (including phenoxy) is 1. The maximum absolute atomic E-state index is 11.6. The smallest absolute Gasteiger partial charge is 0.359 e. The molecule has 0 unspecified atom stereocenters. The molecule has 0 amide bonds. The van der Waals surface area contributed by atoms with Crippen LogP contribution >= 0.6 is 15.9 Å². The summed E-state index contributed by atoms with van der Waals surface area (Å²) in [6, 6.07) is 0. The first-order valence-corrected chi connectivity index (χ1v) is 5.61. The lowest BCUT2D eigenvalue weighted by Gasteiger charge is -2.10. The van der Waals surface area contributed by atoms with E-state index >= 15 is 0 Å². The predicted octanol–water partition coefficient (Wildman–Crippen LogP) is 2.58. The van der Waals surface area contributed by atoms with Crippen molar-refractivity contribution in [2.24, 2.45) is 4.99 Å². The van der Waals surface area contributed by atoms with E-state index in [1.54, 1.807) is 6.92 Å². The Hall–Kier alpha value is -1.69. The SMILES string of the molecule is C=Cc1nc(C(=O)OCC)c(N)c(Br)c1N=C. The van der Waals surface area contributed by atoms with Crippen LogP contribution in [0.15, 0.2) is 16.0 Å². The van der Waals surface area contributed by atoms with Gasteiger partial charge in [-0.1, -0.05) is 6.58 Å². The van der Waals surface area contributed by atoms with Gasteiger partial charge in [0.05, 0.1) is 22.5 Å². The first-order valence-electron chi connectivity index (χ1n) is 4.82. The summed E-state index contributed by atoms with van der Waals surface area (Å²) in [7, 11) is 0. The standard InChI is InChI=1S/C11H12BrN3O2/c1-4-6-9(14-3)7(12)8(13)10(15-6)11(16)17-5-2/h4H,1,3,5,13H2,2H3. The van der Waals surface area contributed by atoms with Gasteiger partial charge in [0.2, 0.25) is 0 Å². The van der Waals surface area contributed by atoms with Gasteiger partial charge < -0.3 is 10.5 Å². The number of carbonyl (C=O) groups is 1. The third-order valence-corrected chi connectivity index (χ3v) is 2.80. The van der Waals surface area contributed by atoms with Crippen LogP contribution in [-0.2, 0) is 4.74 Å². The van der Waals surface area contributed by atoms with Gasteiger partial charge in [-0.2, -0.15) is 0 Å². The van der Waals surface area contributed by atoms with Gasteiger partial charge in [-0.25, -0.2) is 9.78 Å². The zero-order valence-electron chi connectivity index (χ0n) is 9.36. The maximum Gasteiger partial charge on any atom is 0.359 e. The number of aliphatic imine (C=N–C) groups is 1. The summed E-state index contributed by atoms with van der Waals surface area (Å²) in [6.07, 6.45) is 1.47. The second-order valence-electron chi connectivity index (χ2n) is 3.00. The number of nitrogen functional groups attached to an aromatic ring is 1. The number of nitrogens with two attached hydrogens (primary N) is 1. The number of aromatic nitrogens is 1. The molecular weight excluding hydrogens is 286 g/mol. The molecule has 5 nitrogen and oxygen atoms in total. The van der Waals surface area contributed by atoms with E-state index in [2.05, 4.69) is 39.2 Å². The van der Waals surface area contributed by atoms with E-state index in [4.69, 9.17) is 10.5 Å². The van der Waals surface area contributed by atoms with Gasteiger partial charge in [0, 0.05) is 0 Å². The van der Waals surface area contributed by atoms with Gasteiger partial charge in [-0.15, -0.1) is 0 Å². The molecule has 2 N–H and O–H groups in total. The molecule has 0 saturated carbocycles. The Labute approximate surface area is 108 Å². The highest BCUT2D eigenvalue weighted by Gasteiger charge is 2.19. The van der Waals surface area contributed by atoms with Crippen molar-refractivity contribution in [1.29, 1.82) is 0 Å². The molecule has 0 spiro atoms. The zero-order chi connectivity index (χ0) is 13.0. The van der Waals surface area contributed by atoms with Crippen LogP contribution in [-0.4, -0.2) is 24.3 Å². The van der Waals surface area contributed by atoms with E-state index in [1.807, 2.05) is 0 Å². The maximum atomic E-state index is 11.6. The Morgan fingerprint density at radius 3 is 2.82 bits per heavy atom. The zero-order valence-corrected chi connectivity index (χ0v) is 11.0. The van der Waals surface area contributed by atoms with Crippen LogP contribution in [0.5, 0.6) is 0 Å². The van der Waals surface area contributed by atoms with Gasteiger partial charge in [0.1, 0.15) is 5.69 Å². The molecule has 0 aliphatic carbocycles. The highest BCUT2D eigenvalue weighted by Crippen LogP contribution is 2.35. The number of hydrogen-bond donors (Lipinski definition) is 1. The summed E-state index contributed by atoms with van der Waals surface area (Å²) >= 11 is 3.25. The predicted molar refractivity (Wildman–Crippen MR) is 71.6 cm³/mol. The first kappa shape index (κ1) is 13.4. The number of rotatable bonds is 4. The molecule has 0 aliphatic rings. The summed E-state index contributed by atoms with van der Waals surface area (Å²) in [5.74, 6) is -0.579. The molecule has 0 aliphatic heterocycles. The summed E-state index contributed by atoms with van der Waals surface area (Å²) < 4.78 is 5.31. The lowest BCUT2D eigenvalue weighted by Crippen LogP contribution is -2.12. The minimum absolute atomic E-state index is 0.0426. The van der Waals surface area contributed by atoms with Crippen molar-refractivity contribution in [1.82, 2.24) is 4.98 Å². The highest BCUT2D eigenvalue weighted by molar-refractivity contribution is 9.10. The number of carbonyl (C=O) groups excluding carboxylic acids is 1. The quantitative estimate of drug-likeness (QED) is 0.684. The van der Waals surface area contributed by atoms with Crippen LogP contribution in [0.4, 0.5) is 11.4 Å². The van der Waals surface area contributed by atoms with Gasteiger partial charge in [-0.05, 0) is 35.6 Å². The van der Waals surface area contributed by atoms with Gasteiger partial charge in [0.15, 0.2) is 5.69 Å². The normalized spacial score (nSPS) is 9.76. The monoisotopic (exact) mass is 297 g/mol. The van der Waals surface area contributed by atoms with Crippen LogP contribution in [0.2, 0.25) is 0 Å².